The topological polar surface area (TPSA) is 16.4 Å². The standard InChI is InChI=1S/C56H37NO/c1-2-12-44-36-46(27-24-38(44)10-1)40-28-32-47(33-29-40)57(48-34-30-43(31-35-48)52-19-9-20-54-53-17-5-6-21-55(53)58-56(52)54)49-15-7-14-45(37-49)39-22-25-42(26-23-39)51-18-8-13-41-11-3-4-16-50(41)51/h1-37H. The minimum atomic E-state index is 0.906. The van der Waals surface area contributed by atoms with Gasteiger partial charge in [0.2, 0.25) is 0 Å². The Kier molecular flexibility index (Phi) is 8.19. The highest BCUT2D eigenvalue weighted by molar-refractivity contribution is 6.09. The Labute approximate surface area is 337 Å². The average Bonchev–Trinajstić information content (AvgIpc) is 3.69. The Morgan fingerprint density at radius 1 is 0.276 bits per heavy atom. The molecule has 0 aliphatic carbocycles. The van der Waals surface area contributed by atoms with Crippen LogP contribution in [-0.2, 0) is 0 Å². The Morgan fingerprint density at radius 3 is 1.59 bits per heavy atom. The summed E-state index contributed by atoms with van der Waals surface area (Å²) in [5.41, 5.74) is 14.4. The zero-order valence-electron chi connectivity index (χ0n) is 31.7. The molecule has 2 heteroatoms. The number of hydrogen-bond donors (Lipinski definition) is 0. The molecule has 58 heavy (non-hydrogen) atoms. The van der Waals surface area contributed by atoms with E-state index in [1.54, 1.807) is 0 Å². The van der Waals surface area contributed by atoms with Crippen molar-refractivity contribution in [3.05, 3.63) is 224 Å². The van der Waals surface area contributed by atoms with Crippen LogP contribution in [0, 0.1) is 0 Å². The van der Waals surface area contributed by atoms with Crippen LogP contribution in [0.5, 0.6) is 0 Å². The molecule has 0 unspecified atom stereocenters. The highest BCUT2D eigenvalue weighted by Crippen LogP contribution is 2.41. The summed E-state index contributed by atoms with van der Waals surface area (Å²) in [6, 6.07) is 80.7. The second kappa shape index (κ2) is 14.1. The summed E-state index contributed by atoms with van der Waals surface area (Å²) in [5.74, 6) is 0. The number of benzene rings is 10. The van der Waals surface area contributed by atoms with Crippen LogP contribution in [0.1, 0.15) is 0 Å². The second-order valence-corrected chi connectivity index (χ2v) is 14.9. The predicted molar refractivity (Wildman–Crippen MR) is 245 cm³/mol. The number of rotatable bonds is 7. The van der Waals surface area contributed by atoms with Crippen LogP contribution in [0.3, 0.4) is 0 Å². The van der Waals surface area contributed by atoms with E-state index in [1.165, 1.54) is 49.4 Å². The van der Waals surface area contributed by atoms with Crippen molar-refractivity contribution in [1.29, 1.82) is 0 Å². The summed E-state index contributed by atoms with van der Waals surface area (Å²) in [6.07, 6.45) is 0. The maximum atomic E-state index is 6.42. The second-order valence-electron chi connectivity index (χ2n) is 14.9. The van der Waals surface area contributed by atoms with Crippen molar-refractivity contribution < 1.29 is 4.42 Å². The summed E-state index contributed by atoms with van der Waals surface area (Å²) in [5, 5.41) is 7.27. The fourth-order valence-electron chi connectivity index (χ4n) is 8.53. The van der Waals surface area contributed by atoms with Crippen molar-refractivity contribution in [1.82, 2.24) is 0 Å². The van der Waals surface area contributed by atoms with Crippen LogP contribution >= 0.6 is 0 Å². The minimum absolute atomic E-state index is 0.906. The number of anilines is 3. The molecule has 10 aromatic carbocycles. The molecule has 11 aromatic rings. The molecule has 272 valence electrons. The smallest absolute Gasteiger partial charge is 0.143 e. The van der Waals surface area contributed by atoms with Gasteiger partial charge in [-0.1, -0.05) is 176 Å². The number of furan rings is 1. The van der Waals surface area contributed by atoms with Gasteiger partial charge in [0.1, 0.15) is 11.2 Å². The summed E-state index contributed by atoms with van der Waals surface area (Å²) >= 11 is 0. The molecule has 0 bridgehead atoms. The lowest BCUT2D eigenvalue weighted by atomic mass is 9.96. The number of fused-ring (bicyclic) bond motifs is 5. The Bertz CT molecular complexity index is 3260. The van der Waals surface area contributed by atoms with Crippen molar-refractivity contribution >= 4 is 60.5 Å². The van der Waals surface area contributed by atoms with Gasteiger partial charge in [0.15, 0.2) is 0 Å². The SMILES string of the molecule is c1cc(-c2ccc(-c3cccc4ccccc34)cc2)cc(N(c2ccc(-c3ccc4ccccc4c3)cc2)c2ccc(-c3cccc4c3oc3ccccc34)cc2)c1. The Balaban J connectivity index is 0.978. The number of para-hydroxylation sites is 2. The van der Waals surface area contributed by atoms with Gasteiger partial charge in [0.05, 0.1) is 0 Å². The fraction of sp³-hybridized carbons (Fsp3) is 0. The van der Waals surface area contributed by atoms with Gasteiger partial charge in [-0.05, 0) is 109 Å². The molecular weight excluding hydrogens is 703 g/mol. The molecule has 0 atom stereocenters. The van der Waals surface area contributed by atoms with Crippen LogP contribution < -0.4 is 4.90 Å². The van der Waals surface area contributed by atoms with E-state index in [4.69, 9.17) is 4.42 Å². The summed E-state index contributed by atoms with van der Waals surface area (Å²) < 4.78 is 6.42. The van der Waals surface area contributed by atoms with Crippen molar-refractivity contribution in [2.24, 2.45) is 0 Å². The first kappa shape index (κ1) is 33.6. The van der Waals surface area contributed by atoms with Crippen LogP contribution in [0.15, 0.2) is 229 Å². The molecule has 0 saturated heterocycles. The average molecular weight is 740 g/mol. The van der Waals surface area contributed by atoms with Gasteiger partial charge in [-0.3, -0.25) is 0 Å². The molecule has 1 aromatic heterocycles. The van der Waals surface area contributed by atoms with E-state index in [-0.39, 0.29) is 0 Å². The third-order valence-electron chi connectivity index (χ3n) is 11.5. The maximum absolute atomic E-state index is 6.42. The van der Waals surface area contributed by atoms with Crippen LogP contribution in [0.25, 0.3) is 88.0 Å². The lowest BCUT2D eigenvalue weighted by Gasteiger charge is -2.26. The molecule has 0 aliphatic heterocycles. The van der Waals surface area contributed by atoms with E-state index in [0.717, 1.165) is 55.7 Å². The minimum Gasteiger partial charge on any atom is -0.455 e. The van der Waals surface area contributed by atoms with Gasteiger partial charge in [-0.2, -0.15) is 0 Å². The van der Waals surface area contributed by atoms with E-state index in [0.29, 0.717) is 0 Å². The van der Waals surface area contributed by atoms with E-state index in [9.17, 15) is 0 Å². The molecule has 0 saturated carbocycles. The van der Waals surface area contributed by atoms with Gasteiger partial charge >= 0.3 is 0 Å². The monoisotopic (exact) mass is 739 g/mol. The van der Waals surface area contributed by atoms with Gasteiger partial charge in [-0.15, -0.1) is 0 Å². The number of nitrogens with zero attached hydrogens (tertiary/aromatic N) is 1. The largest absolute Gasteiger partial charge is 0.455 e. The van der Waals surface area contributed by atoms with Crippen LogP contribution in [0.4, 0.5) is 17.1 Å². The highest BCUT2D eigenvalue weighted by atomic mass is 16.3. The lowest BCUT2D eigenvalue weighted by Crippen LogP contribution is -2.10. The highest BCUT2D eigenvalue weighted by Gasteiger charge is 2.17. The zero-order valence-corrected chi connectivity index (χ0v) is 31.7. The Hall–Kier alpha value is -7.68. The third-order valence-corrected chi connectivity index (χ3v) is 11.5. The van der Waals surface area contributed by atoms with Crippen molar-refractivity contribution in [2.45, 2.75) is 0 Å². The van der Waals surface area contributed by atoms with Gasteiger partial charge < -0.3 is 9.32 Å². The first-order valence-electron chi connectivity index (χ1n) is 19.8. The normalized spacial score (nSPS) is 11.4. The molecule has 0 N–H and O–H groups in total. The van der Waals surface area contributed by atoms with E-state index in [1.807, 2.05) is 12.1 Å². The maximum Gasteiger partial charge on any atom is 0.143 e. The molecular formula is C56H37NO. The van der Waals surface area contributed by atoms with Crippen LogP contribution in [0.2, 0.25) is 0 Å². The predicted octanol–water partition coefficient (Wildman–Crippen LogP) is 16.0. The van der Waals surface area contributed by atoms with Crippen molar-refractivity contribution in [2.75, 3.05) is 4.90 Å². The third kappa shape index (κ3) is 6.00. The van der Waals surface area contributed by atoms with Gasteiger partial charge in [0.25, 0.3) is 0 Å². The van der Waals surface area contributed by atoms with Crippen LogP contribution in [-0.4, -0.2) is 0 Å². The van der Waals surface area contributed by atoms with Gasteiger partial charge in [0, 0.05) is 33.4 Å². The Morgan fingerprint density at radius 2 is 0.793 bits per heavy atom. The summed E-state index contributed by atoms with van der Waals surface area (Å²) in [7, 11) is 0. The molecule has 0 amide bonds. The molecule has 0 radical (unpaired) electrons. The fourth-order valence-corrected chi connectivity index (χ4v) is 8.53. The van der Waals surface area contributed by atoms with E-state index >= 15 is 0 Å². The van der Waals surface area contributed by atoms with E-state index in [2.05, 4.69) is 217 Å². The quantitative estimate of drug-likeness (QED) is 0.162. The molecule has 0 aliphatic rings. The zero-order chi connectivity index (χ0) is 38.4. The molecule has 11 rings (SSSR count). The lowest BCUT2D eigenvalue weighted by molar-refractivity contribution is 0.670. The summed E-state index contributed by atoms with van der Waals surface area (Å²) in [6.45, 7) is 0. The number of hydrogen-bond acceptors (Lipinski definition) is 2. The van der Waals surface area contributed by atoms with Gasteiger partial charge in [-0.25, -0.2) is 0 Å². The molecule has 0 spiro atoms. The molecule has 0 fully saturated rings. The first-order valence-corrected chi connectivity index (χ1v) is 19.8. The van der Waals surface area contributed by atoms with Crippen molar-refractivity contribution in [3.63, 3.8) is 0 Å². The first-order chi connectivity index (χ1) is 28.7. The summed E-state index contributed by atoms with van der Waals surface area (Å²) in [4.78, 5) is 2.35. The van der Waals surface area contributed by atoms with Crippen molar-refractivity contribution in [3.8, 4) is 44.5 Å². The van der Waals surface area contributed by atoms with E-state index < -0.39 is 0 Å². The molecule has 1 heterocycles. The molecule has 2 nitrogen and oxygen atoms in total.